The summed E-state index contributed by atoms with van der Waals surface area (Å²) in [7, 11) is 0. The average Bonchev–Trinajstić information content (AvgIpc) is 2.32. The minimum absolute atomic E-state index is 1.06. The van der Waals surface area contributed by atoms with E-state index in [1.54, 1.807) is 0 Å². The van der Waals surface area contributed by atoms with Gasteiger partial charge in [0.2, 0.25) is 0 Å². The lowest BCUT2D eigenvalue weighted by molar-refractivity contribution is 1.35. The molecule has 0 amide bonds. The van der Waals surface area contributed by atoms with Gasteiger partial charge in [0.05, 0.1) is 10.1 Å². The maximum atomic E-state index is 3.49. The summed E-state index contributed by atoms with van der Waals surface area (Å²) < 4.78 is 2.16. The van der Waals surface area contributed by atoms with Crippen LogP contribution in [-0.4, -0.2) is 4.98 Å². The van der Waals surface area contributed by atoms with Crippen molar-refractivity contribution in [1.29, 1.82) is 0 Å². The van der Waals surface area contributed by atoms with Crippen molar-refractivity contribution in [3.63, 3.8) is 0 Å². The first-order valence-corrected chi connectivity index (χ1v) is 5.21. The highest BCUT2D eigenvalue weighted by Crippen LogP contribution is 2.30. The van der Waals surface area contributed by atoms with E-state index >= 15 is 0 Å². The van der Waals surface area contributed by atoms with Crippen molar-refractivity contribution < 1.29 is 0 Å². The zero-order chi connectivity index (χ0) is 8.72. The molecule has 0 saturated carbocycles. The molecule has 1 heterocycles. The fourth-order valence-electron chi connectivity index (χ4n) is 1.29. The zero-order valence-electron chi connectivity index (χ0n) is 6.49. The smallest absolute Gasteiger partial charge is 0.0860 e. The third kappa shape index (κ3) is 1.12. The molecule has 1 N–H and O–H groups in total. The number of para-hydroxylation sites is 1. The third-order valence-corrected chi connectivity index (χ3v) is 3.44. The molecule has 0 saturated heterocycles. The zero-order valence-corrected chi connectivity index (χ0v) is 9.66. The number of aryl methyl sites for hydroxylation is 1. The predicted octanol–water partition coefficient (Wildman–Crippen LogP) is 4.00. The molecular formula is C9H7Br2N. The SMILES string of the molecule is Cc1c(Br)[nH]c2c(Br)cccc12. The first-order valence-electron chi connectivity index (χ1n) is 3.62. The maximum Gasteiger partial charge on any atom is 0.0860 e. The summed E-state index contributed by atoms with van der Waals surface area (Å²) in [4.78, 5) is 3.26. The number of H-pyrrole nitrogens is 1. The van der Waals surface area contributed by atoms with Crippen molar-refractivity contribution >= 4 is 42.8 Å². The maximum absolute atomic E-state index is 3.49. The van der Waals surface area contributed by atoms with Crippen molar-refractivity contribution in [2.24, 2.45) is 0 Å². The van der Waals surface area contributed by atoms with Gasteiger partial charge < -0.3 is 4.98 Å². The van der Waals surface area contributed by atoms with Crippen molar-refractivity contribution in [2.45, 2.75) is 6.92 Å². The first kappa shape index (κ1) is 8.32. The number of rotatable bonds is 0. The van der Waals surface area contributed by atoms with Crippen LogP contribution in [0.2, 0.25) is 0 Å². The molecule has 3 heteroatoms. The Kier molecular flexibility index (Phi) is 2.00. The van der Waals surface area contributed by atoms with Gasteiger partial charge >= 0.3 is 0 Å². The van der Waals surface area contributed by atoms with Crippen LogP contribution < -0.4 is 0 Å². The van der Waals surface area contributed by atoms with E-state index in [0.717, 1.165) is 14.6 Å². The quantitative estimate of drug-likeness (QED) is 0.754. The summed E-state index contributed by atoms with van der Waals surface area (Å²) in [6, 6.07) is 6.18. The lowest BCUT2D eigenvalue weighted by Crippen LogP contribution is -1.69. The average molecular weight is 289 g/mol. The number of nitrogens with one attached hydrogen (secondary N) is 1. The first-order chi connectivity index (χ1) is 5.70. The minimum Gasteiger partial charge on any atom is -0.348 e. The highest BCUT2D eigenvalue weighted by atomic mass is 79.9. The van der Waals surface area contributed by atoms with E-state index in [9.17, 15) is 0 Å². The van der Waals surface area contributed by atoms with Crippen LogP contribution in [0.4, 0.5) is 0 Å². The van der Waals surface area contributed by atoms with Gasteiger partial charge in [-0.3, -0.25) is 0 Å². The largest absolute Gasteiger partial charge is 0.348 e. The number of hydrogen-bond donors (Lipinski definition) is 1. The van der Waals surface area contributed by atoms with Crippen LogP contribution in [0.1, 0.15) is 5.56 Å². The van der Waals surface area contributed by atoms with E-state index in [1.807, 2.05) is 12.1 Å². The fourth-order valence-corrected chi connectivity index (χ4v) is 2.16. The predicted molar refractivity (Wildman–Crippen MR) is 58.4 cm³/mol. The molecule has 12 heavy (non-hydrogen) atoms. The summed E-state index contributed by atoms with van der Waals surface area (Å²) >= 11 is 6.96. The summed E-state index contributed by atoms with van der Waals surface area (Å²) in [6.07, 6.45) is 0. The third-order valence-electron chi connectivity index (χ3n) is 1.98. The molecule has 1 aromatic heterocycles. The molecule has 0 radical (unpaired) electrons. The Balaban J connectivity index is 2.95. The summed E-state index contributed by atoms with van der Waals surface area (Å²) in [5.74, 6) is 0. The van der Waals surface area contributed by atoms with Gasteiger partial charge in [-0.25, -0.2) is 0 Å². The Bertz CT molecular complexity index is 431. The van der Waals surface area contributed by atoms with E-state index < -0.39 is 0 Å². The van der Waals surface area contributed by atoms with Gasteiger partial charge in [-0.2, -0.15) is 0 Å². The van der Waals surface area contributed by atoms with Gasteiger partial charge in [-0.05, 0) is 50.4 Å². The molecule has 0 fully saturated rings. The van der Waals surface area contributed by atoms with Crippen LogP contribution in [0.15, 0.2) is 27.3 Å². The van der Waals surface area contributed by atoms with Gasteiger partial charge in [-0.1, -0.05) is 12.1 Å². The molecule has 1 nitrogen and oxygen atoms in total. The number of hydrogen-bond acceptors (Lipinski definition) is 0. The van der Waals surface area contributed by atoms with Crippen LogP contribution in [0.3, 0.4) is 0 Å². The van der Waals surface area contributed by atoms with Crippen LogP contribution in [0, 0.1) is 6.92 Å². The Morgan fingerprint density at radius 1 is 1.25 bits per heavy atom. The molecule has 0 spiro atoms. The minimum atomic E-state index is 1.06. The van der Waals surface area contributed by atoms with Gasteiger partial charge in [-0.15, -0.1) is 0 Å². The number of fused-ring (bicyclic) bond motifs is 1. The topological polar surface area (TPSA) is 15.8 Å². The van der Waals surface area contributed by atoms with Crippen molar-refractivity contribution in [3.8, 4) is 0 Å². The van der Waals surface area contributed by atoms with Crippen molar-refractivity contribution in [2.75, 3.05) is 0 Å². The number of aromatic nitrogens is 1. The standard InChI is InChI=1S/C9H7Br2N/c1-5-6-3-2-4-7(10)8(6)12-9(5)11/h2-4,12H,1H3. The Hall–Kier alpha value is -0.280. The monoisotopic (exact) mass is 287 g/mol. The number of benzene rings is 1. The fraction of sp³-hybridized carbons (Fsp3) is 0.111. The molecule has 0 atom stereocenters. The van der Waals surface area contributed by atoms with Crippen molar-refractivity contribution in [1.82, 2.24) is 4.98 Å². The molecule has 0 aliphatic rings. The lowest BCUT2D eigenvalue weighted by Gasteiger charge is -1.92. The molecular weight excluding hydrogens is 282 g/mol. The Labute approximate surface area is 87.4 Å². The van der Waals surface area contributed by atoms with Crippen molar-refractivity contribution in [3.05, 3.63) is 32.8 Å². The number of aromatic amines is 1. The summed E-state index contributed by atoms with van der Waals surface area (Å²) in [6.45, 7) is 2.09. The van der Waals surface area contributed by atoms with Gasteiger partial charge in [0.15, 0.2) is 0 Å². The van der Waals surface area contributed by atoms with Crippen LogP contribution >= 0.6 is 31.9 Å². The Morgan fingerprint density at radius 2 is 2.00 bits per heavy atom. The van der Waals surface area contributed by atoms with E-state index in [0.29, 0.717) is 0 Å². The van der Waals surface area contributed by atoms with Crippen LogP contribution in [0.25, 0.3) is 10.9 Å². The number of halogens is 2. The van der Waals surface area contributed by atoms with Crippen LogP contribution in [-0.2, 0) is 0 Å². The van der Waals surface area contributed by atoms with Gasteiger partial charge in [0, 0.05) is 9.86 Å². The second-order valence-electron chi connectivity index (χ2n) is 2.73. The van der Waals surface area contributed by atoms with E-state index in [-0.39, 0.29) is 0 Å². The molecule has 0 aliphatic heterocycles. The van der Waals surface area contributed by atoms with Crippen LogP contribution in [0.5, 0.6) is 0 Å². The lowest BCUT2D eigenvalue weighted by atomic mass is 10.2. The van der Waals surface area contributed by atoms with Gasteiger partial charge in [0.25, 0.3) is 0 Å². The molecule has 0 bridgehead atoms. The summed E-state index contributed by atoms with van der Waals surface area (Å²) in [5.41, 5.74) is 2.41. The summed E-state index contributed by atoms with van der Waals surface area (Å²) in [5, 5.41) is 1.26. The molecule has 2 aromatic rings. The molecule has 0 aliphatic carbocycles. The Morgan fingerprint density at radius 3 is 2.67 bits per heavy atom. The second-order valence-corrected chi connectivity index (χ2v) is 4.37. The highest BCUT2D eigenvalue weighted by Gasteiger charge is 2.06. The second kappa shape index (κ2) is 2.89. The van der Waals surface area contributed by atoms with Gasteiger partial charge in [0.1, 0.15) is 0 Å². The normalized spacial score (nSPS) is 10.9. The molecule has 1 aromatic carbocycles. The molecule has 62 valence electrons. The van der Waals surface area contributed by atoms with E-state index in [1.165, 1.54) is 10.9 Å². The molecule has 0 unspecified atom stereocenters. The van der Waals surface area contributed by atoms with E-state index in [2.05, 4.69) is 49.8 Å². The molecule has 2 rings (SSSR count). The van der Waals surface area contributed by atoms with E-state index in [4.69, 9.17) is 0 Å². The highest BCUT2D eigenvalue weighted by molar-refractivity contribution is 9.11.